The smallest absolute Gasteiger partial charge is 0.0702 e. The van der Waals surface area contributed by atoms with Crippen LogP contribution in [0.5, 0.6) is 0 Å². The highest BCUT2D eigenvalue weighted by Gasteiger charge is 2.27. The second kappa shape index (κ2) is 5.46. The van der Waals surface area contributed by atoms with Gasteiger partial charge in [0.2, 0.25) is 0 Å². The van der Waals surface area contributed by atoms with Crippen molar-refractivity contribution >= 4 is 0 Å². The van der Waals surface area contributed by atoms with Gasteiger partial charge in [0.15, 0.2) is 0 Å². The Morgan fingerprint density at radius 1 is 1.31 bits per heavy atom. The average molecular weight is 219 g/mol. The van der Waals surface area contributed by atoms with Gasteiger partial charge in [-0.05, 0) is 18.9 Å². The third kappa shape index (κ3) is 2.63. The molecule has 0 N–H and O–H groups in total. The van der Waals surface area contributed by atoms with Crippen LogP contribution in [-0.2, 0) is 11.3 Å². The number of morpholine rings is 1. The van der Waals surface area contributed by atoms with Gasteiger partial charge in [-0.25, -0.2) is 0 Å². The van der Waals surface area contributed by atoms with Gasteiger partial charge < -0.3 is 4.74 Å². The lowest BCUT2D eigenvalue weighted by molar-refractivity contribution is -0.0660. The Hall–Kier alpha value is -0.860. The first-order valence-corrected chi connectivity index (χ1v) is 6.21. The van der Waals surface area contributed by atoms with E-state index in [2.05, 4.69) is 49.1 Å². The van der Waals surface area contributed by atoms with E-state index in [1.54, 1.807) is 0 Å². The molecule has 1 aliphatic rings. The van der Waals surface area contributed by atoms with Gasteiger partial charge in [0.05, 0.1) is 12.7 Å². The minimum absolute atomic E-state index is 0.363. The zero-order valence-electron chi connectivity index (χ0n) is 10.2. The third-order valence-corrected chi connectivity index (χ3v) is 3.42. The molecule has 0 saturated carbocycles. The van der Waals surface area contributed by atoms with E-state index >= 15 is 0 Å². The zero-order chi connectivity index (χ0) is 11.4. The highest BCUT2D eigenvalue weighted by molar-refractivity contribution is 5.14. The van der Waals surface area contributed by atoms with E-state index < -0.39 is 0 Å². The van der Waals surface area contributed by atoms with Gasteiger partial charge in [0.1, 0.15) is 0 Å². The molecule has 0 aliphatic carbocycles. The fourth-order valence-electron chi connectivity index (χ4n) is 2.53. The van der Waals surface area contributed by atoms with Crippen molar-refractivity contribution in [3.05, 3.63) is 35.9 Å². The number of rotatable bonds is 3. The van der Waals surface area contributed by atoms with Crippen LogP contribution in [0, 0.1) is 0 Å². The topological polar surface area (TPSA) is 12.5 Å². The van der Waals surface area contributed by atoms with E-state index in [-0.39, 0.29) is 0 Å². The quantitative estimate of drug-likeness (QED) is 0.775. The van der Waals surface area contributed by atoms with E-state index in [1.807, 2.05) is 0 Å². The fraction of sp³-hybridized carbons (Fsp3) is 0.571. The Balaban J connectivity index is 2.02. The molecule has 2 heteroatoms. The lowest BCUT2D eigenvalue weighted by Gasteiger charge is -2.39. The minimum atomic E-state index is 0.363. The van der Waals surface area contributed by atoms with Crippen molar-refractivity contribution in [1.82, 2.24) is 4.90 Å². The molecule has 1 fully saturated rings. The summed E-state index contributed by atoms with van der Waals surface area (Å²) in [4.78, 5) is 2.55. The molecule has 0 amide bonds. The van der Waals surface area contributed by atoms with Crippen molar-refractivity contribution in [1.29, 1.82) is 0 Å². The van der Waals surface area contributed by atoms with Crippen molar-refractivity contribution in [3.63, 3.8) is 0 Å². The van der Waals surface area contributed by atoms with Crippen molar-refractivity contribution in [3.8, 4) is 0 Å². The van der Waals surface area contributed by atoms with E-state index in [9.17, 15) is 0 Å². The maximum absolute atomic E-state index is 5.71. The molecule has 0 spiro atoms. The summed E-state index contributed by atoms with van der Waals surface area (Å²) >= 11 is 0. The Bertz CT molecular complexity index is 312. The largest absolute Gasteiger partial charge is 0.376 e. The highest BCUT2D eigenvalue weighted by atomic mass is 16.5. The molecule has 0 radical (unpaired) electrons. The normalized spacial score (nSPS) is 26.9. The number of nitrogens with zero attached hydrogens (tertiary/aromatic N) is 1. The monoisotopic (exact) mass is 219 g/mol. The third-order valence-electron chi connectivity index (χ3n) is 3.42. The molecule has 0 aromatic heterocycles. The first-order chi connectivity index (χ1) is 7.81. The van der Waals surface area contributed by atoms with Crippen molar-refractivity contribution < 1.29 is 4.74 Å². The summed E-state index contributed by atoms with van der Waals surface area (Å²) in [5.74, 6) is 0. The van der Waals surface area contributed by atoms with Crippen LogP contribution in [-0.4, -0.2) is 30.2 Å². The van der Waals surface area contributed by atoms with Crippen LogP contribution in [0.25, 0.3) is 0 Å². The lowest BCUT2D eigenvalue weighted by Crippen LogP contribution is -2.49. The zero-order valence-corrected chi connectivity index (χ0v) is 10.2. The molecule has 2 rings (SSSR count). The van der Waals surface area contributed by atoms with Crippen molar-refractivity contribution in [2.75, 3.05) is 13.2 Å². The van der Waals surface area contributed by atoms with Crippen LogP contribution in [0.2, 0.25) is 0 Å². The van der Waals surface area contributed by atoms with Gasteiger partial charge in [-0.2, -0.15) is 0 Å². The van der Waals surface area contributed by atoms with Crippen LogP contribution in [0.3, 0.4) is 0 Å². The summed E-state index contributed by atoms with van der Waals surface area (Å²) in [5.41, 5.74) is 1.40. The predicted molar refractivity (Wildman–Crippen MR) is 66.3 cm³/mol. The summed E-state index contributed by atoms with van der Waals surface area (Å²) in [5, 5.41) is 0. The summed E-state index contributed by atoms with van der Waals surface area (Å²) in [6, 6.07) is 11.3. The standard InChI is InChI=1S/C14H21NO/c1-3-14-12(2)16-10-9-15(14)11-13-7-5-4-6-8-13/h4-8,12,14H,3,9-11H2,1-2H3/t12-,14-/m1/s1. The van der Waals surface area contributed by atoms with Crippen LogP contribution >= 0.6 is 0 Å². The maximum atomic E-state index is 5.71. The van der Waals surface area contributed by atoms with Crippen molar-refractivity contribution in [2.45, 2.75) is 39.0 Å². The Kier molecular flexibility index (Phi) is 3.97. The van der Waals surface area contributed by atoms with Gasteiger partial charge in [-0.1, -0.05) is 37.3 Å². The molecule has 0 bridgehead atoms. The molecule has 1 heterocycles. The van der Waals surface area contributed by atoms with Crippen LogP contribution in [0.1, 0.15) is 25.8 Å². The van der Waals surface area contributed by atoms with Gasteiger partial charge >= 0.3 is 0 Å². The maximum Gasteiger partial charge on any atom is 0.0702 e. The Labute approximate surface area is 98.2 Å². The SMILES string of the molecule is CC[C@@H]1[C@@H](C)OCCN1Cc1ccccc1. The Morgan fingerprint density at radius 2 is 2.06 bits per heavy atom. The van der Waals surface area contributed by atoms with E-state index in [1.165, 1.54) is 5.56 Å². The molecule has 2 nitrogen and oxygen atoms in total. The molecule has 0 unspecified atom stereocenters. The molecule has 1 aromatic rings. The fourth-order valence-corrected chi connectivity index (χ4v) is 2.53. The molecule has 16 heavy (non-hydrogen) atoms. The molecule has 2 atom stereocenters. The number of ether oxygens (including phenoxy) is 1. The van der Waals surface area contributed by atoms with E-state index in [4.69, 9.17) is 4.74 Å². The minimum Gasteiger partial charge on any atom is -0.376 e. The van der Waals surface area contributed by atoms with E-state index in [0.717, 1.165) is 26.1 Å². The van der Waals surface area contributed by atoms with Crippen molar-refractivity contribution in [2.24, 2.45) is 0 Å². The first-order valence-electron chi connectivity index (χ1n) is 6.21. The Morgan fingerprint density at radius 3 is 2.75 bits per heavy atom. The molecular formula is C14H21NO. The molecule has 1 aromatic carbocycles. The number of benzene rings is 1. The second-order valence-electron chi connectivity index (χ2n) is 4.51. The second-order valence-corrected chi connectivity index (χ2v) is 4.51. The summed E-state index contributed by atoms with van der Waals surface area (Å²) in [6.45, 7) is 7.40. The first kappa shape index (κ1) is 11.6. The molecular weight excluding hydrogens is 198 g/mol. The molecule has 88 valence electrons. The van der Waals surface area contributed by atoms with Gasteiger partial charge in [-0.3, -0.25) is 4.90 Å². The lowest BCUT2D eigenvalue weighted by atomic mass is 10.0. The van der Waals surface area contributed by atoms with Gasteiger partial charge in [0.25, 0.3) is 0 Å². The molecule has 1 aliphatic heterocycles. The van der Waals surface area contributed by atoms with Crippen LogP contribution in [0.4, 0.5) is 0 Å². The summed E-state index contributed by atoms with van der Waals surface area (Å²) in [6.07, 6.45) is 1.52. The number of hydrogen-bond donors (Lipinski definition) is 0. The predicted octanol–water partition coefficient (Wildman–Crippen LogP) is 2.69. The summed E-state index contributed by atoms with van der Waals surface area (Å²) in [7, 11) is 0. The van der Waals surface area contributed by atoms with Gasteiger partial charge in [-0.15, -0.1) is 0 Å². The molecule has 1 saturated heterocycles. The van der Waals surface area contributed by atoms with Crippen LogP contribution < -0.4 is 0 Å². The average Bonchev–Trinajstić information content (AvgIpc) is 2.31. The number of hydrogen-bond acceptors (Lipinski definition) is 2. The summed E-state index contributed by atoms with van der Waals surface area (Å²) < 4.78 is 5.71. The van der Waals surface area contributed by atoms with Crippen LogP contribution in [0.15, 0.2) is 30.3 Å². The van der Waals surface area contributed by atoms with Gasteiger partial charge in [0, 0.05) is 19.1 Å². The highest BCUT2D eigenvalue weighted by Crippen LogP contribution is 2.19. The van der Waals surface area contributed by atoms with E-state index in [0.29, 0.717) is 12.1 Å².